The van der Waals surface area contributed by atoms with Crippen LogP contribution in [0, 0.1) is 0 Å². The predicted octanol–water partition coefficient (Wildman–Crippen LogP) is 14.9. The first-order valence-electron chi connectivity index (χ1n) is 22.0. The summed E-state index contributed by atoms with van der Waals surface area (Å²) in [6.07, 6.45) is 14.6. The fourth-order valence-corrected chi connectivity index (χ4v) is 11.1. The van der Waals surface area contributed by atoms with Crippen LogP contribution in [0.2, 0.25) is 0 Å². The lowest BCUT2D eigenvalue weighted by atomic mass is 9.75. The normalized spacial score (nSPS) is 15.4. The Morgan fingerprint density at radius 3 is 1.92 bits per heavy atom. The highest BCUT2D eigenvalue weighted by Gasteiger charge is 2.42. The Kier molecular flexibility index (Phi) is 9.31. The molecule has 0 bridgehead atoms. The SMILES string of the molecule is CC(c1ccc2c(c1)C1(C=CC=C1)c1cc(CCC(Cc3ccc4c(c3)Cc3ccccc3-4)c3ccccc3)c3ccccc3c1-2)C(Cc1ccccc1)c1ccccc1. The Bertz CT molecular complexity index is 2900. The number of allylic oxidation sites excluding steroid dienone is 4. The first-order valence-corrected chi connectivity index (χ1v) is 22.0. The van der Waals surface area contributed by atoms with Crippen LogP contribution in [-0.2, 0) is 31.1 Å². The van der Waals surface area contributed by atoms with Crippen molar-refractivity contribution in [1.82, 2.24) is 0 Å². The molecule has 0 saturated heterocycles. The van der Waals surface area contributed by atoms with Crippen molar-refractivity contribution in [2.45, 2.75) is 62.2 Å². The summed E-state index contributed by atoms with van der Waals surface area (Å²) in [4.78, 5) is 0. The standard InChI is InChI=1S/C60H50/c1-41(56(45-21-9-4-10-22-45)37-42-17-5-2-6-18-42)46-30-32-55-57(39-46)60(33-15-16-34-60)58-40-49(52-25-13-14-26-54(52)59(55)58)29-28-47(44-19-7-3-8-20-44)35-43-27-31-53-50(36-43)38-48-23-11-12-24-51(48)53/h2-27,30-34,36,39-41,47,56H,28-29,35,37-38H2,1H3. The largest absolute Gasteiger partial charge is 0.0658 e. The molecule has 8 aromatic rings. The van der Waals surface area contributed by atoms with E-state index < -0.39 is 0 Å². The fraction of sp³-hybridized carbons (Fsp3) is 0.167. The molecule has 0 heterocycles. The van der Waals surface area contributed by atoms with Crippen LogP contribution in [0.3, 0.4) is 0 Å². The van der Waals surface area contributed by atoms with Crippen molar-refractivity contribution in [2.75, 3.05) is 0 Å². The average molecular weight is 771 g/mol. The number of fused-ring (bicyclic) bond motifs is 10. The molecule has 0 N–H and O–H groups in total. The van der Waals surface area contributed by atoms with E-state index in [4.69, 9.17) is 0 Å². The highest BCUT2D eigenvalue weighted by Crippen LogP contribution is 2.56. The summed E-state index contributed by atoms with van der Waals surface area (Å²) in [5.74, 6) is 1.10. The highest BCUT2D eigenvalue weighted by atomic mass is 14.4. The Balaban J connectivity index is 0.946. The van der Waals surface area contributed by atoms with E-state index in [2.05, 4.69) is 213 Å². The third-order valence-corrected chi connectivity index (χ3v) is 14.2. The van der Waals surface area contributed by atoms with Crippen LogP contribution >= 0.6 is 0 Å². The molecule has 290 valence electrons. The zero-order chi connectivity index (χ0) is 40.0. The topological polar surface area (TPSA) is 0 Å². The van der Waals surface area contributed by atoms with Gasteiger partial charge in [-0.3, -0.25) is 0 Å². The van der Waals surface area contributed by atoms with Crippen molar-refractivity contribution in [1.29, 1.82) is 0 Å². The van der Waals surface area contributed by atoms with Crippen LogP contribution < -0.4 is 0 Å². The summed E-state index contributed by atoms with van der Waals surface area (Å²) in [7, 11) is 0. The van der Waals surface area contributed by atoms with Gasteiger partial charge in [0.05, 0.1) is 5.41 Å². The quantitative estimate of drug-likeness (QED) is 0.123. The van der Waals surface area contributed by atoms with Crippen molar-refractivity contribution in [3.8, 4) is 22.3 Å². The van der Waals surface area contributed by atoms with Crippen LogP contribution in [0.1, 0.15) is 86.7 Å². The van der Waals surface area contributed by atoms with Crippen LogP contribution in [0.15, 0.2) is 206 Å². The summed E-state index contributed by atoms with van der Waals surface area (Å²) < 4.78 is 0. The molecule has 8 aromatic carbocycles. The van der Waals surface area contributed by atoms with E-state index in [1.54, 1.807) is 0 Å². The minimum atomic E-state index is -0.276. The maximum atomic E-state index is 2.59. The first kappa shape index (κ1) is 36.6. The molecular formula is C60H50. The molecule has 3 atom stereocenters. The maximum absolute atomic E-state index is 2.59. The van der Waals surface area contributed by atoms with Gasteiger partial charge < -0.3 is 0 Å². The summed E-state index contributed by atoms with van der Waals surface area (Å²) in [5, 5.41) is 2.76. The number of benzene rings is 8. The minimum Gasteiger partial charge on any atom is -0.0658 e. The Morgan fingerprint density at radius 2 is 1.13 bits per heavy atom. The molecule has 0 aromatic heterocycles. The van der Waals surface area contributed by atoms with Crippen LogP contribution in [0.5, 0.6) is 0 Å². The third kappa shape index (κ3) is 6.38. The Morgan fingerprint density at radius 1 is 0.483 bits per heavy atom. The van der Waals surface area contributed by atoms with Crippen molar-refractivity contribution >= 4 is 10.8 Å². The molecule has 0 heteroatoms. The Hall–Kier alpha value is -6.50. The molecule has 1 spiro atoms. The molecule has 11 rings (SSSR count). The predicted molar refractivity (Wildman–Crippen MR) is 252 cm³/mol. The van der Waals surface area contributed by atoms with E-state index >= 15 is 0 Å². The molecular weight excluding hydrogens is 721 g/mol. The van der Waals surface area contributed by atoms with Gasteiger partial charge >= 0.3 is 0 Å². The van der Waals surface area contributed by atoms with Crippen LogP contribution in [0.25, 0.3) is 33.0 Å². The van der Waals surface area contributed by atoms with Gasteiger partial charge in [-0.25, -0.2) is 0 Å². The van der Waals surface area contributed by atoms with Crippen molar-refractivity contribution in [2.24, 2.45) is 0 Å². The van der Waals surface area contributed by atoms with Gasteiger partial charge in [-0.15, -0.1) is 0 Å². The monoisotopic (exact) mass is 770 g/mol. The Labute approximate surface area is 355 Å². The van der Waals surface area contributed by atoms with E-state index in [-0.39, 0.29) is 5.41 Å². The second-order valence-electron chi connectivity index (χ2n) is 17.6. The zero-order valence-electron chi connectivity index (χ0n) is 34.4. The van der Waals surface area contributed by atoms with Gasteiger partial charge in [0, 0.05) is 0 Å². The number of hydrogen-bond acceptors (Lipinski definition) is 0. The van der Waals surface area contributed by atoms with Gasteiger partial charge in [0.25, 0.3) is 0 Å². The van der Waals surface area contributed by atoms with E-state index in [9.17, 15) is 0 Å². The third-order valence-electron chi connectivity index (χ3n) is 14.2. The molecule has 60 heavy (non-hydrogen) atoms. The smallest absolute Gasteiger partial charge is 0.0581 e. The zero-order valence-corrected chi connectivity index (χ0v) is 34.4. The second-order valence-corrected chi connectivity index (χ2v) is 17.6. The molecule has 3 aliphatic carbocycles. The highest BCUT2D eigenvalue weighted by molar-refractivity contribution is 6.05. The van der Waals surface area contributed by atoms with Crippen LogP contribution in [0.4, 0.5) is 0 Å². The van der Waals surface area contributed by atoms with E-state index in [1.165, 1.54) is 88.7 Å². The average Bonchev–Trinajstić information content (AvgIpc) is 4.02. The lowest BCUT2D eigenvalue weighted by Gasteiger charge is -2.28. The van der Waals surface area contributed by atoms with Gasteiger partial charge in [-0.2, -0.15) is 0 Å². The van der Waals surface area contributed by atoms with E-state index in [0.717, 1.165) is 32.1 Å². The van der Waals surface area contributed by atoms with Gasteiger partial charge in [-0.1, -0.05) is 213 Å². The van der Waals surface area contributed by atoms with Gasteiger partial charge in [0.1, 0.15) is 0 Å². The number of aryl methyl sites for hydroxylation is 1. The summed E-state index contributed by atoms with van der Waals surface area (Å²) >= 11 is 0. The second kappa shape index (κ2) is 15.3. The summed E-state index contributed by atoms with van der Waals surface area (Å²) in [6, 6.07) is 68.9. The van der Waals surface area contributed by atoms with E-state index in [1.807, 2.05) is 0 Å². The van der Waals surface area contributed by atoms with Crippen LogP contribution in [-0.4, -0.2) is 0 Å². The molecule has 0 nitrogen and oxygen atoms in total. The molecule has 3 unspecified atom stereocenters. The number of rotatable bonds is 11. The molecule has 0 amide bonds. The summed E-state index contributed by atoms with van der Waals surface area (Å²) in [6.45, 7) is 2.44. The first-order chi connectivity index (χ1) is 29.6. The van der Waals surface area contributed by atoms with Crippen molar-refractivity contribution in [3.63, 3.8) is 0 Å². The van der Waals surface area contributed by atoms with Gasteiger partial charge in [0.15, 0.2) is 0 Å². The van der Waals surface area contributed by atoms with Gasteiger partial charge in [0.2, 0.25) is 0 Å². The lowest BCUT2D eigenvalue weighted by Crippen LogP contribution is -2.19. The molecule has 0 saturated carbocycles. The molecule has 0 radical (unpaired) electrons. The lowest BCUT2D eigenvalue weighted by molar-refractivity contribution is 0.571. The fourth-order valence-electron chi connectivity index (χ4n) is 11.1. The van der Waals surface area contributed by atoms with Gasteiger partial charge in [-0.05, 0) is 139 Å². The van der Waals surface area contributed by atoms with Crippen molar-refractivity contribution < 1.29 is 0 Å². The number of hydrogen-bond donors (Lipinski definition) is 0. The molecule has 0 fully saturated rings. The summed E-state index contributed by atoms with van der Waals surface area (Å²) in [5.41, 5.74) is 19.6. The minimum absolute atomic E-state index is 0.276. The molecule has 0 aliphatic heterocycles. The maximum Gasteiger partial charge on any atom is 0.0581 e. The van der Waals surface area contributed by atoms with E-state index in [0.29, 0.717) is 17.8 Å². The van der Waals surface area contributed by atoms with Crippen molar-refractivity contribution in [3.05, 3.63) is 262 Å². The molecule has 3 aliphatic rings.